The normalized spacial score (nSPS) is 10.9. The van der Waals surface area contributed by atoms with Crippen LogP contribution in [0.3, 0.4) is 0 Å². The number of ether oxygens (including phenoxy) is 1. The number of hydrogen-bond donors (Lipinski definition) is 1. The van der Waals surface area contributed by atoms with E-state index >= 15 is 0 Å². The number of hydrogen-bond acceptors (Lipinski definition) is 7. The highest BCUT2D eigenvalue weighted by Gasteiger charge is 2.19. The van der Waals surface area contributed by atoms with Crippen molar-refractivity contribution in [3.05, 3.63) is 75.4 Å². The van der Waals surface area contributed by atoms with E-state index in [0.717, 1.165) is 27.6 Å². The number of thioether (sulfide) groups is 1. The van der Waals surface area contributed by atoms with Gasteiger partial charge in [-0.05, 0) is 31.2 Å². The molecule has 9 nitrogen and oxygen atoms in total. The molecule has 0 radical (unpaired) electrons. The van der Waals surface area contributed by atoms with Crippen molar-refractivity contribution in [1.29, 1.82) is 0 Å². The van der Waals surface area contributed by atoms with Crippen LogP contribution in [-0.4, -0.2) is 37.4 Å². The summed E-state index contributed by atoms with van der Waals surface area (Å²) in [5.41, 5.74) is 0.589. The molecule has 0 saturated heterocycles. The van der Waals surface area contributed by atoms with Gasteiger partial charge in [0.2, 0.25) is 5.91 Å². The van der Waals surface area contributed by atoms with Crippen LogP contribution in [0.2, 0.25) is 0 Å². The molecule has 10 heteroatoms. The number of carbonyl (C=O) groups excluding carboxylic acids is 1. The van der Waals surface area contributed by atoms with Crippen molar-refractivity contribution in [2.45, 2.75) is 11.9 Å². The summed E-state index contributed by atoms with van der Waals surface area (Å²) >= 11 is 1.12. The first-order valence-electron chi connectivity index (χ1n) is 10.6. The second kappa shape index (κ2) is 9.92. The third-order valence-electron chi connectivity index (χ3n) is 5.09. The van der Waals surface area contributed by atoms with Gasteiger partial charge in [-0.3, -0.25) is 18.7 Å². The highest BCUT2D eigenvalue weighted by Crippen LogP contribution is 2.26. The summed E-state index contributed by atoms with van der Waals surface area (Å²) < 4.78 is 7.74. The molecule has 4 rings (SSSR count). The predicted octanol–water partition coefficient (Wildman–Crippen LogP) is 2.82. The van der Waals surface area contributed by atoms with Gasteiger partial charge in [0.25, 0.3) is 5.56 Å². The molecule has 34 heavy (non-hydrogen) atoms. The topological polar surface area (TPSA) is 108 Å². The SMILES string of the molecule is CCOc1ccc(NC(=O)CSc2nc(-c3ccccc3)nc3c2c(=O)n(C)c(=O)n3C)cc1. The molecule has 0 unspecified atom stereocenters. The van der Waals surface area contributed by atoms with Crippen LogP contribution in [0.25, 0.3) is 22.4 Å². The van der Waals surface area contributed by atoms with E-state index < -0.39 is 11.2 Å². The van der Waals surface area contributed by atoms with Crippen molar-refractivity contribution in [2.75, 3.05) is 17.7 Å². The van der Waals surface area contributed by atoms with Crippen LogP contribution in [0.1, 0.15) is 6.92 Å². The minimum Gasteiger partial charge on any atom is -0.494 e. The zero-order valence-electron chi connectivity index (χ0n) is 18.9. The molecule has 1 amide bonds. The maximum atomic E-state index is 12.9. The average molecular weight is 478 g/mol. The molecule has 0 aliphatic carbocycles. The van der Waals surface area contributed by atoms with E-state index in [1.165, 1.54) is 11.6 Å². The van der Waals surface area contributed by atoms with Crippen LogP contribution in [0, 0.1) is 0 Å². The summed E-state index contributed by atoms with van der Waals surface area (Å²) in [6.07, 6.45) is 0. The summed E-state index contributed by atoms with van der Waals surface area (Å²) in [6, 6.07) is 16.3. The fourth-order valence-electron chi connectivity index (χ4n) is 3.38. The van der Waals surface area contributed by atoms with E-state index in [1.54, 1.807) is 31.3 Å². The van der Waals surface area contributed by atoms with Gasteiger partial charge in [-0.15, -0.1) is 0 Å². The van der Waals surface area contributed by atoms with Crippen molar-refractivity contribution < 1.29 is 9.53 Å². The maximum absolute atomic E-state index is 12.9. The van der Waals surface area contributed by atoms with Gasteiger partial charge < -0.3 is 10.1 Å². The molecule has 4 aromatic rings. The maximum Gasteiger partial charge on any atom is 0.332 e. The van der Waals surface area contributed by atoms with E-state index in [-0.39, 0.29) is 22.7 Å². The van der Waals surface area contributed by atoms with Crippen molar-refractivity contribution in [1.82, 2.24) is 19.1 Å². The van der Waals surface area contributed by atoms with Crippen LogP contribution in [0.5, 0.6) is 5.75 Å². The molecule has 0 saturated carbocycles. The summed E-state index contributed by atoms with van der Waals surface area (Å²) in [5.74, 6) is 0.839. The third kappa shape index (κ3) is 4.72. The number of nitrogens with one attached hydrogen (secondary N) is 1. The van der Waals surface area contributed by atoms with Crippen LogP contribution in [0.15, 0.2) is 69.2 Å². The zero-order valence-corrected chi connectivity index (χ0v) is 19.8. The van der Waals surface area contributed by atoms with Crippen LogP contribution >= 0.6 is 11.8 Å². The number of rotatable bonds is 7. The fourth-order valence-corrected chi connectivity index (χ4v) is 4.20. The van der Waals surface area contributed by atoms with Gasteiger partial charge in [0, 0.05) is 25.3 Å². The third-order valence-corrected chi connectivity index (χ3v) is 6.06. The monoisotopic (exact) mass is 477 g/mol. The smallest absolute Gasteiger partial charge is 0.332 e. The largest absolute Gasteiger partial charge is 0.494 e. The molecule has 0 atom stereocenters. The van der Waals surface area contributed by atoms with Crippen LogP contribution in [0.4, 0.5) is 5.69 Å². The Balaban J connectivity index is 1.67. The predicted molar refractivity (Wildman–Crippen MR) is 132 cm³/mol. The van der Waals surface area contributed by atoms with Gasteiger partial charge in [0.1, 0.15) is 16.2 Å². The number of anilines is 1. The summed E-state index contributed by atoms with van der Waals surface area (Å²) in [5, 5.41) is 3.36. The molecule has 0 aliphatic heterocycles. The van der Waals surface area contributed by atoms with Gasteiger partial charge in [-0.25, -0.2) is 14.8 Å². The quantitative estimate of drug-likeness (QED) is 0.322. The molecule has 0 spiro atoms. The Hall–Kier alpha value is -3.92. The molecule has 0 aliphatic rings. The fraction of sp³-hybridized carbons (Fsp3) is 0.208. The van der Waals surface area contributed by atoms with Crippen molar-refractivity contribution in [2.24, 2.45) is 14.1 Å². The molecular weight excluding hydrogens is 454 g/mol. The lowest BCUT2D eigenvalue weighted by Crippen LogP contribution is -2.37. The molecule has 0 bridgehead atoms. The van der Waals surface area contributed by atoms with Gasteiger partial charge >= 0.3 is 5.69 Å². The van der Waals surface area contributed by atoms with Crippen molar-refractivity contribution >= 4 is 34.4 Å². The lowest BCUT2D eigenvalue weighted by molar-refractivity contribution is -0.113. The van der Waals surface area contributed by atoms with E-state index in [4.69, 9.17) is 4.74 Å². The standard InChI is InChI=1S/C24H23N5O4S/c1-4-33-17-12-10-16(11-13-17)25-18(30)14-34-22-19-21(28(2)24(32)29(3)23(19)31)26-20(27-22)15-8-6-5-7-9-15/h5-13H,4,14H2,1-3H3,(H,25,30). The number of nitrogens with zero attached hydrogens (tertiary/aromatic N) is 4. The van der Waals surface area contributed by atoms with E-state index in [1.807, 2.05) is 37.3 Å². The van der Waals surface area contributed by atoms with E-state index in [2.05, 4.69) is 15.3 Å². The Morgan fingerprint density at radius 2 is 1.71 bits per heavy atom. The Bertz CT molecular complexity index is 1460. The number of aryl methyl sites for hydroxylation is 1. The molecule has 2 aromatic heterocycles. The highest BCUT2D eigenvalue weighted by atomic mass is 32.2. The number of carbonyl (C=O) groups is 1. The van der Waals surface area contributed by atoms with Crippen LogP contribution < -0.4 is 21.3 Å². The number of aromatic nitrogens is 4. The molecular formula is C24H23N5O4S. The Morgan fingerprint density at radius 1 is 1.00 bits per heavy atom. The Kier molecular flexibility index (Phi) is 6.78. The summed E-state index contributed by atoms with van der Waals surface area (Å²) in [4.78, 5) is 47.1. The molecule has 2 heterocycles. The first kappa shape index (κ1) is 23.2. The van der Waals surface area contributed by atoms with Gasteiger partial charge in [0.05, 0.1) is 12.4 Å². The molecule has 2 aromatic carbocycles. The first-order valence-corrected chi connectivity index (χ1v) is 11.6. The zero-order chi connectivity index (χ0) is 24.2. The minimum absolute atomic E-state index is 0.0134. The number of benzene rings is 2. The number of amides is 1. The van der Waals surface area contributed by atoms with Crippen molar-refractivity contribution in [3.63, 3.8) is 0 Å². The number of fused-ring (bicyclic) bond motifs is 1. The first-order chi connectivity index (χ1) is 16.4. The Labute approximate surface area is 199 Å². The summed E-state index contributed by atoms with van der Waals surface area (Å²) in [7, 11) is 2.96. The van der Waals surface area contributed by atoms with Crippen LogP contribution in [-0.2, 0) is 18.9 Å². The lowest BCUT2D eigenvalue weighted by Gasteiger charge is -2.12. The lowest BCUT2D eigenvalue weighted by atomic mass is 10.2. The Morgan fingerprint density at radius 3 is 2.38 bits per heavy atom. The van der Waals surface area contributed by atoms with Gasteiger partial charge in [-0.2, -0.15) is 0 Å². The average Bonchev–Trinajstić information content (AvgIpc) is 2.86. The molecule has 1 N–H and O–H groups in total. The van der Waals surface area contributed by atoms with E-state index in [9.17, 15) is 14.4 Å². The second-order valence-electron chi connectivity index (χ2n) is 7.42. The highest BCUT2D eigenvalue weighted by molar-refractivity contribution is 8.00. The van der Waals surface area contributed by atoms with Gasteiger partial charge in [-0.1, -0.05) is 42.1 Å². The molecule has 0 fully saturated rings. The minimum atomic E-state index is -0.507. The van der Waals surface area contributed by atoms with Crippen molar-refractivity contribution in [3.8, 4) is 17.1 Å². The van der Waals surface area contributed by atoms with Gasteiger partial charge in [0.15, 0.2) is 11.5 Å². The second-order valence-corrected chi connectivity index (χ2v) is 8.38. The summed E-state index contributed by atoms with van der Waals surface area (Å²) in [6.45, 7) is 2.46. The molecule has 174 valence electrons. The van der Waals surface area contributed by atoms with E-state index in [0.29, 0.717) is 23.1 Å².